The zero-order chi connectivity index (χ0) is 14.9. The minimum atomic E-state index is -0.248. The van der Waals surface area contributed by atoms with Gasteiger partial charge in [-0.15, -0.1) is 0 Å². The molecule has 0 aromatic heterocycles. The van der Waals surface area contributed by atoms with Gasteiger partial charge in [0.2, 0.25) is 5.90 Å². The van der Waals surface area contributed by atoms with E-state index in [9.17, 15) is 0 Å². The van der Waals surface area contributed by atoms with Crippen LogP contribution in [0.5, 0.6) is 0 Å². The Morgan fingerprint density at radius 3 is 2.86 bits per heavy atom. The van der Waals surface area contributed by atoms with Gasteiger partial charge in [-0.25, -0.2) is 4.99 Å². The molecule has 0 fully saturated rings. The highest BCUT2D eigenvalue weighted by molar-refractivity contribution is 5.96. The van der Waals surface area contributed by atoms with Crippen LogP contribution in [-0.2, 0) is 4.74 Å². The van der Waals surface area contributed by atoms with Gasteiger partial charge in [0.1, 0.15) is 11.8 Å². The summed E-state index contributed by atoms with van der Waals surface area (Å²) in [5.41, 5.74) is 2.05. The van der Waals surface area contributed by atoms with E-state index < -0.39 is 0 Å². The van der Waals surface area contributed by atoms with Crippen molar-refractivity contribution in [1.29, 1.82) is 0 Å². The molecule has 112 valence electrons. The Hall–Kier alpha value is -1.81. The van der Waals surface area contributed by atoms with Crippen molar-refractivity contribution in [3.05, 3.63) is 47.7 Å². The Bertz CT molecular complexity index is 561. The molecule has 0 spiro atoms. The number of dihydropyridines is 1. The molecule has 2 N–H and O–H groups in total. The van der Waals surface area contributed by atoms with Crippen LogP contribution in [0.2, 0.25) is 0 Å². The molecule has 21 heavy (non-hydrogen) atoms. The number of hydrogen-bond acceptors (Lipinski definition) is 4. The standard InChI is InChI=1S/C17H23N3O/c1-17(2,3)21-16-13-8-4-5-9-14(13)19-15(20-16)12-7-6-10-18-11-12/h4-8,11,14-15,18-19H,9-10H2,1-3H3. The van der Waals surface area contributed by atoms with Gasteiger partial charge in [0, 0.05) is 29.9 Å². The van der Waals surface area contributed by atoms with E-state index in [-0.39, 0.29) is 17.8 Å². The molecule has 0 radical (unpaired) electrons. The highest BCUT2D eigenvalue weighted by Gasteiger charge is 2.32. The van der Waals surface area contributed by atoms with Crippen molar-refractivity contribution in [3.8, 4) is 0 Å². The lowest BCUT2D eigenvalue weighted by atomic mass is 9.95. The van der Waals surface area contributed by atoms with Crippen LogP contribution in [0.3, 0.4) is 0 Å². The van der Waals surface area contributed by atoms with Gasteiger partial charge in [-0.3, -0.25) is 5.32 Å². The highest BCUT2D eigenvalue weighted by atomic mass is 16.5. The Labute approximate surface area is 126 Å². The molecule has 2 atom stereocenters. The molecule has 0 aromatic rings. The summed E-state index contributed by atoms with van der Waals surface area (Å²) >= 11 is 0. The van der Waals surface area contributed by atoms with Gasteiger partial charge in [-0.2, -0.15) is 0 Å². The number of ether oxygens (including phenoxy) is 1. The molecular weight excluding hydrogens is 262 g/mol. The maximum absolute atomic E-state index is 6.11. The molecular formula is C17H23N3O. The van der Waals surface area contributed by atoms with Crippen molar-refractivity contribution in [3.63, 3.8) is 0 Å². The van der Waals surface area contributed by atoms with Gasteiger partial charge in [-0.1, -0.05) is 30.4 Å². The van der Waals surface area contributed by atoms with Crippen molar-refractivity contribution in [2.45, 2.75) is 45.0 Å². The largest absolute Gasteiger partial charge is 0.472 e. The number of aliphatic imine (C=N–C) groups is 1. The van der Waals surface area contributed by atoms with E-state index >= 15 is 0 Å². The fourth-order valence-electron chi connectivity index (χ4n) is 2.63. The molecule has 0 saturated heterocycles. The third-order valence-corrected chi connectivity index (χ3v) is 3.54. The molecule has 0 bridgehead atoms. The highest BCUT2D eigenvalue weighted by Crippen LogP contribution is 2.26. The smallest absolute Gasteiger partial charge is 0.215 e. The molecule has 0 saturated carbocycles. The van der Waals surface area contributed by atoms with E-state index in [1.807, 2.05) is 6.20 Å². The lowest BCUT2D eigenvalue weighted by Gasteiger charge is -2.35. The van der Waals surface area contributed by atoms with Gasteiger partial charge in [0.15, 0.2) is 0 Å². The van der Waals surface area contributed by atoms with Crippen LogP contribution >= 0.6 is 0 Å². The van der Waals surface area contributed by atoms with Gasteiger partial charge >= 0.3 is 0 Å². The van der Waals surface area contributed by atoms with Crippen LogP contribution in [0.4, 0.5) is 0 Å². The van der Waals surface area contributed by atoms with Crippen LogP contribution in [0, 0.1) is 0 Å². The zero-order valence-electron chi connectivity index (χ0n) is 12.9. The summed E-state index contributed by atoms with van der Waals surface area (Å²) in [6, 6.07) is 0.270. The first-order chi connectivity index (χ1) is 10.0. The predicted octanol–water partition coefficient (Wildman–Crippen LogP) is 2.43. The van der Waals surface area contributed by atoms with E-state index in [2.05, 4.69) is 61.8 Å². The number of nitrogens with one attached hydrogen (secondary N) is 2. The second kappa shape index (κ2) is 5.53. The van der Waals surface area contributed by atoms with Crippen LogP contribution in [0.15, 0.2) is 52.7 Å². The SMILES string of the molecule is CC(C)(C)OC1=NC(C2=CNCC=C2)NC2CC=CC=C12. The summed E-state index contributed by atoms with van der Waals surface area (Å²) in [6.45, 7) is 7.05. The maximum atomic E-state index is 6.11. The van der Waals surface area contributed by atoms with Crippen molar-refractivity contribution in [1.82, 2.24) is 10.6 Å². The van der Waals surface area contributed by atoms with Gasteiger partial charge in [0.25, 0.3) is 0 Å². The summed E-state index contributed by atoms with van der Waals surface area (Å²) in [5.74, 6) is 0.764. The van der Waals surface area contributed by atoms with Gasteiger partial charge < -0.3 is 10.1 Å². The van der Waals surface area contributed by atoms with E-state index in [1.165, 1.54) is 0 Å². The molecule has 2 aliphatic heterocycles. The molecule has 3 aliphatic rings. The normalized spacial score (nSPS) is 28.0. The summed E-state index contributed by atoms with van der Waals surface area (Å²) in [4.78, 5) is 4.80. The Balaban J connectivity index is 1.92. The fraction of sp³-hybridized carbons (Fsp3) is 0.471. The number of nitrogens with zero attached hydrogens (tertiary/aromatic N) is 1. The molecule has 4 nitrogen and oxygen atoms in total. The van der Waals surface area contributed by atoms with Crippen molar-refractivity contribution >= 4 is 5.90 Å². The number of fused-ring (bicyclic) bond motifs is 1. The quantitative estimate of drug-likeness (QED) is 0.778. The van der Waals surface area contributed by atoms with Crippen molar-refractivity contribution in [2.75, 3.05) is 6.54 Å². The Morgan fingerprint density at radius 2 is 2.14 bits per heavy atom. The monoisotopic (exact) mass is 285 g/mol. The number of hydrogen-bond donors (Lipinski definition) is 2. The summed E-state index contributed by atoms with van der Waals surface area (Å²) in [6.07, 6.45) is 13.6. The second-order valence-corrected chi connectivity index (χ2v) is 6.51. The second-order valence-electron chi connectivity index (χ2n) is 6.51. The van der Waals surface area contributed by atoms with Crippen molar-refractivity contribution in [2.24, 2.45) is 4.99 Å². The third kappa shape index (κ3) is 3.27. The van der Waals surface area contributed by atoms with E-state index in [0.717, 1.165) is 30.0 Å². The Morgan fingerprint density at radius 1 is 1.29 bits per heavy atom. The minimum absolute atomic E-state index is 0.0555. The first-order valence-corrected chi connectivity index (χ1v) is 7.53. The summed E-state index contributed by atoms with van der Waals surface area (Å²) in [5, 5.41) is 6.83. The van der Waals surface area contributed by atoms with Crippen LogP contribution < -0.4 is 10.6 Å². The minimum Gasteiger partial charge on any atom is -0.472 e. The van der Waals surface area contributed by atoms with Crippen LogP contribution in [0.25, 0.3) is 0 Å². The average molecular weight is 285 g/mol. The summed E-state index contributed by atoms with van der Waals surface area (Å²) in [7, 11) is 0. The van der Waals surface area contributed by atoms with E-state index in [0.29, 0.717) is 0 Å². The van der Waals surface area contributed by atoms with Crippen LogP contribution in [0.1, 0.15) is 27.2 Å². The molecule has 0 amide bonds. The molecule has 2 heterocycles. The summed E-state index contributed by atoms with van der Waals surface area (Å²) < 4.78 is 6.11. The van der Waals surface area contributed by atoms with Gasteiger partial charge in [0.05, 0.1) is 0 Å². The van der Waals surface area contributed by atoms with E-state index in [1.54, 1.807) is 0 Å². The topological polar surface area (TPSA) is 45.6 Å². The third-order valence-electron chi connectivity index (χ3n) is 3.54. The lowest BCUT2D eigenvalue weighted by molar-refractivity contribution is 0.113. The average Bonchev–Trinajstić information content (AvgIpc) is 2.46. The number of allylic oxidation sites excluding steroid dienone is 2. The Kier molecular flexibility index (Phi) is 3.72. The molecule has 4 heteroatoms. The molecule has 1 aliphatic carbocycles. The molecule has 2 unspecified atom stereocenters. The number of rotatable bonds is 1. The maximum Gasteiger partial charge on any atom is 0.215 e. The first-order valence-electron chi connectivity index (χ1n) is 7.53. The van der Waals surface area contributed by atoms with Crippen molar-refractivity contribution < 1.29 is 4.74 Å². The first kappa shape index (κ1) is 14.1. The van der Waals surface area contributed by atoms with E-state index in [4.69, 9.17) is 9.73 Å². The lowest BCUT2D eigenvalue weighted by Crippen LogP contribution is -2.48. The molecule has 3 rings (SSSR count). The van der Waals surface area contributed by atoms with Gasteiger partial charge in [-0.05, 0) is 27.2 Å². The zero-order valence-corrected chi connectivity index (χ0v) is 12.9. The molecule has 0 aromatic carbocycles. The van der Waals surface area contributed by atoms with Crippen LogP contribution in [-0.4, -0.2) is 30.3 Å². The fourth-order valence-corrected chi connectivity index (χ4v) is 2.63. The predicted molar refractivity (Wildman–Crippen MR) is 86.1 cm³/mol.